The number of carboxylic acids is 1. The lowest BCUT2D eigenvalue weighted by Gasteiger charge is -2.16. The smallest absolute Gasteiger partial charge is 0.304 e. The summed E-state index contributed by atoms with van der Waals surface area (Å²) < 4.78 is 26.9. The van der Waals surface area contributed by atoms with Crippen LogP contribution in [0.1, 0.15) is 12.0 Å². The quantitative estimate of drug-likeness (QED) is 0.753. The maximum atomic E-state index is 11.7. The van der Waals surface area contributed by atoms with Gasteiger partial charge in [0.2, 0.25) is 0 Å². The normalized spacial score (nSPS) is 11.7. The molecule has 18 heavy (non-hydrogen) atoms. The second-order valence-electron chi connectivity index (χ2n) is 3.78. The van der Waals surface area contributed by atoms with Crippen LogP contribution in [0.15, 0.2) is 30.3 Å². The van der Waals surface area contributed by atoms with Crippen molar-refractivity contribution in [2.75, 3.05) is 13.6 Å². The average Bonchev–Trinajstić information content (AvgIpc) is 2.34. The van der Waals surface area contributed by atoms with Crippen LogP contribution in [0.2, 0.25) is 0 Å². The molecule has 1 rings (SSSR count). The first-order chi connectivity index (χ1) is 8.42. The van der Waals surface area contributed by atoms with Crippen LogP contribution >= 0.6 is 0 Å². The van der Waals surface area contributed by atoms with Gasteiger partial charge in [-0.05, 0) is 5.56 Å². The lowest BCUT2D eigenvalue weighted by molar-refractivity contribution is -0.137. The third kappa shape index (κ3) is 4.82. The van der Waals surface area contributed by atoms with Crippen molar-refractivity contribution in [2.24, 2.45) is 0 Å². The number of carboxylic acid groups (broad SMARTS) is 1. The number of nitrogens with one attached hydrogen (secondary N) is 1. The zero-order valence-corrected chi connectivity index (χ0v) is 10.9. The Hall–Kier alpha value is -1.44. The van der Waals surface area contributed by atoms with Gasteiger partial charge in [0.05, 0.1) is 6.42 Å². The molecule has 0 aromatic heterocycles. The summed E-state index contributed by atoms with van der Waals surface area (Å²) in [5, 5.41) is 8.49. The van der Waals surface area contributed by atoms with E-state index in [9.17, 15) is 13.2 Å². The van der Waals surface area contributed by atoms with Gasteiger partial charge in [0.25, 0.3) is 10.2 Å². The lowest BCUT2D eigenvalue weighted by atomic mass is 10.2. The Morgan fingerprint density at radius 1 is 1.33 bits per heavy atom. The van der Waals surface area contributed by atoms with Crippen molar-refractivity contribution in [2.45, 2.75) is 13.0 Å². The van der Waals surface area contributed by atoms with Gasteiger partial charge >= 0.3 is 5.97 Å². The molecule has 0 spiro atoms. The van der Waals surface area contributed by atoms with E-state index in [2.05, 4.69) is 4.72 Å². The maximum Gasteiger partial charge on any atom is 0.304 e. The molecule has 0 aliphatic heterocycles. The van der Waals surface area contributed by atoms with Gasteiger partial charge in [0.15, 0.2) is 0 Å². The van der Waals surface area contributed by atoms with E-state index in [1.54, 1.807) is 12.1 Å². The van der Waals surface area contributed by atoms with Crippen LogP contribution in [0.4, 0.5) is 0 Å². The Morgan fingerprint density at radius 2 is 1.94 bits per heavy atom. The van der Waals surface area contributed by atoms with Crippen molar-refractivity contribution in [3.8, 4) is 0 Å². The first-order valence-corrected chi connectivity index (χ1v) is 6.82. The molecule has 1 aromatic carbocycles. The van der Waals surface area contributed by atoms with Crippen LogP contribution in [0, 0.1) is 0 Å². The van der Waals surface area contributed by atoms with Crippen LogP contribution in [0.25, 0.3) is 0 Å². The third-order valence-electron chi connectivity index (χ3n) is 2.35. The molecule has 0 bridgehead atoms. The highest BCUT2D eigenvalue weighted by atomic mass is 32.2. The minimum Gasteiger partial charge on any atom is -0.481 e. The first-order valence-electron chi connectivity index (χ1n) is 5.38. The highest BCUT2D eigenvalue weighted by molar-refractivity contribution is 7.87. The molecule has 0 saturated heterocycles. The molecule has 2 N–H and O–H groups in total. The predicted molar refractivity (Wildman–Crippen MR) is 67.1 cm³/mol. The first kappa shape index (κ1) is 14.6. The van der Waals surface area contributed by atoms with Crippen molar-refractivity contribution in [3.05, 3.63) is 35.9 Å². The number of aliphatic carboxylic acids is 1. The van der Waals surface area contributed by atoms with Gasteiger partial charge < -0.3 is 5.11 Å². The molecule has 0 heterocycles. The summed E-state index contributed by atoms with van der Waals surface area (Å²) in [6.45, 7) is 0.125. The van der Waals surface area contributed by atoms with E-state index in [1.807, 2.05) is 18.2 Å². The van der Waals surface area contributed by atoms with Crippen LogP contribution in [0.3, 0.4) is 0 Å². The average molecular weight is 272 g/mol. The van der Waals surface area contributed by atoms with Crippen molar-refractivity contribution >= 4 is 16.2 Å². The summed E-state index contributed by atoms with van der Waals surface area (Å²) in [6.07, 6.45) is -0.219. The monoisotopic (exact) mass is 272 g/mol. The van der Waals surface area contributed by atoms with E-state index in [-0.39, 0.29) is 19.5 Å². The van der Waals surface area contributed by atoms with E-state index in [4.69, 9.17) is 5.11 Å². The molecule has 0 aliphatic carbocycles. The van der Waals surface area contributed by atoms with Crippen LogP contribution in [-0.2, 0) is 21.5 Å². The van der Waals surface area contributed by atoms with E-state index < -0.39 is 16.2 Å². The van der Waals surface area contributed by atoms with Crippen LogP contribution < -0.4 is 4.72 Å². The van der Waals surface area contributed by atoms with Gasteiger partial charge in [-0.2, -0.15) is 17.4 Å². The molecule has 0 aliphatic rings. The fraction of sp³-hybridized carbons (Fsp3) is 0.364. The second kappa shape index (κ2) is 6.48. The van der Waals surface area contributed by atoms with Crippen molar-refractivity contribution in [1.82, 2.24) is 9.03 Å². The van der Waals surface area contributed by atoms with Crippen LogP contribution in [0.5, 0.6) is 0 Å². The van der Waals surface area contributed by atoms with Gasteiger partial charge in [-0.3, -0.25) is 4.79 Å². The summed E-state index contributed by atoms with van der Waals surface area (Å²) in [7, 11) is -2.29. The fourth-order valence-electron chi connectivity index (χ4n) is 1.25. The van der Waals surface area contributed by atoms with E-state index in [0.29, 0.717) is 0 Å². The Labute approximate surface area is 106 Å². The molecule has 7 heteroatoms. The van der Waals surface area contributed by atoms with Crippen molar-refractivity contribution in [1.29, 1.82) is 0 Å². The van der Waals surface area contributed by atoms with Crippen molar-refractivity contribution in [3.63, 3.8) is 0 Å². The topological polar surface area (TPSA) is 86.7 Å². The largest absolute Gasteiger partial charge is 0.481 e. The van der Waals surface area contributed by atoms with Gasteiger partial charge in [0.1, 0.15) is 0 Å². The van der Waals surface area contributed by atoms with E-state index >= 15 is 0 Å². The van der Waals surface area contributed by atoms with Gasteiger partial charge in [-0.25, -0.2) is 0 Å². The highest BCUT2D eigenvalue weighted by Gasteiger charge is 2.17. The van der Waals surface area contributed by atoms with E-state index in [1.165, 1.54) is 7.05 Å². The number of nitrogens with zero attached hydrogens (tertiary/aromatic N) is 1. The fourth-order valence-corrected chi connectivity index (χ4v) is 2.15. The van der Waals surface area contributed by atoms with Gasteiger partial charge in [-0.15, -0.1) is 0 Å². The Kier molecular flexibility index (Phi) is 5.26. The lowest BCUT2D eigenvalue weighted by Crippen LogP contribution is -2.38. The number of rotatable bonds is 7. The number of carbonyl (C=O) groups is 1. The molecule has 0 saturated carbocycles. The SMILES string of the molecule is CN(CCC(=O)O)S(=O)(=O)NCc1ccccc1. The van der Waals surface area contributed by atoms with Crippen LogP contribution in [-0.4, -0.2) is 37.4 Å². The predicted octanol–water partition coefficient (Wildman–Crippen LogP) is 0.428. The number of benzene rings is 1. The molecule has 0 radical (unpaired) electrons. The van der Waals surface area contributed by atoms with E-state index in [0.717, 1.165) is 9.87 Å². The highest BCUT2D eigenvalue weighted by Crippen LogP contribution is 2.01. The molecular formula is C11H16N2O4S. The summed E-state index contributed by atoms with van der Waals surface area (Å²) in [6, 6.07) is 9.09. The molecule has 1 aromatic rings. The molecule has 0 unspecified atom stereocenters. The zero-order chi connectivity index (χ0) is 13.6. The third-order valence-corrected chi connectivity index (χ3v) is 3.86. The maximum absolute atomic E-state index is 11.7. The summed E-state index contributed by atoms with van der Waals surface area (Å²) >= 11 is 0. The standard InChI is InChI=1S/C11H16N2O4S/c1-13(8-7-11(14)15)18(16,17)12-9-10-5-3-2-4-6-10/h2-6,12H,7-9H2,1H3,(H,14,15). The molecular weight excluding hydrogens is 256 g/mol. The second-order valence-corrected chi connectivity index (χ2v) is 5.64. The summed E-state index contributed by atoms with van der Waals surface area (Å²) in [4.78, 5) is 10.4. The Balaban J connectivity index is 2.51. The zero-order valence-electron chi connectivity index (χ0n) is 10.0. The molecule has 0 atom stereocenters. The molecule has 100 valence electrons. The molecule has 6 nitrogen and oxygen atoms in total. The van der Waals surface area contributed by atoms with Crippen molar-refractivity contribution < 1.29 is 18.3 Å². The number of hydrogen-bond donors (Lipinski definition) is 2. The molecule has 0 fully saturated rings. The van der Waals surface area contributed by atoms with Gasteiger partial charge in [-0.1, -0.05) is 30.3 Å². The Morgan fingerprint density at radius 3 is 2.50 bits per heavy atom. The molecule has 0 amide bonds. The van der Waals surface area contributed by atoms with Gasteiger partial charge in [0, 0.05) is 20.1 Å². The minimum absolute atomic E-state index is 0.0561. The summed E-state index contributed by atoms with van der Waals surface area (Å²) in [5.74, 6) is -1.03. The minimum atomic E-state index is -3.63. The Bertz CT molecular complexity index is 487. The summed E-state index contributed by atoms with van der Waals surface area (Å²) in [5.41, 5.74) is 0.840. The number of hydrogen-bond acceptors (Lipinski definition) is 3.